The van der Waals surface area contributed by atoms with Gasteiger partial charge in [-0.2, -0.15) is 17.0 Å². The van der Waals surface area contributed by atoms with Gasteiger partial charge in [-0.15, -0.1) is 0 Å². The Kier molecular flexibility index (Phi) is 5.65. The standard InChI is InChI=1S/C14H30N4O2S/c1-12-10-18(11-14(12)16(2)3)21(19,20)17(4)9-5-8-15-13-6-7-13/h12-15H,5-11H2,1-4H3. The van der Waals surface area contributed by atoms with E-state index in [4.69, 9.17) is 0 Å². The Labute approximate surface area is 129 Å². The predicted molar refractivity (Wildman–Crippen MR) is 85.4 cm³/mol. The number of likely N-dealkylation sites (N-methyl/N-ethyl adjacent to an activating group) is 1. The highest BCUT2D eigenvalue weighted by Crippen LogP contribution is 2.24. The monoisotopic (exact) mass is 318 g/mol. The first-order valence-electron chi connectivity index (χ1n) is 7.93. The molecule has 0 spiro atoms. The Morgan fingerprint density at radius 3 is 2.38 bits per heavy atom. The van der Waals surface area contributed by atoms with Crippen molar-refractivity contribution in [1.29, 1.82) is 0 Å². The first kappa shape index (κ1) is 17.1. The Morgan fingerprint density at radius 1 is 1.19 bits per heavy atom. The highest BCUT2D eigenvalue weighted by atomic mass is 32.2. The van der Waals surface area contributed by atoms with Gasteiger partial charge in [-0.1, -0.05) is 6.92 Å². The molecular weight excluding hydrogens is 288 g/mol. The molecule has 7 heteroatoms. The first-order chi connectivity index (χ1) is 9.82. The van der Waals surface area contributed by atoms with Gasteiger partial charge in [0.1, 0.15) is 0 Å². The molecular formula is C14H30N4O2S. The maximum Gasteiger partial charge on any atom is 0.281 e. The fourth-order valence-corrected chi connectivity index (χ4v) is 4.49. The number of hydrogen-bond donors (Lipinski definition) is 1. The van der Waals surface area contributed by atoms with Gasteiger partial charge in [-0.05, 0) is 45.8 Å². The summed E-state index contributed by atoms with van der Waals surface area (Å²) in [6.07, 6.45) is 3.41. The van der Waals surface area contributed by atoms with E-state index in [0.29, 0.717) is 37.6 Å². The second kappa shape index (κ2) is 6.91. The molecule has 0 aromatic heterocycles. The lowest BCUT2D eigenvalue weighted by molar-refractivity contribution is 0.262. The van der Waals surface area contributed by atoms with Crippen molar-refractivity contribution in [2.24, 2.45) is 5.92 Å². The molecule has 2 aliphatic rings. The van der Waals surface area contributed by atoms with Crippen molar-refractivity contribution in [2.45, 2.75) is 38.3 Å². The second-order valence-electron chi connectivity index (χ2n) is 6.74. The van der Waals surface area contributed by atoms with Crippen LogP contribution in [-0.2, 0) is 10.2 Å². The van der Waals surface area contributed by atoms with E-state index in [1.54, 1.807) is 11.4 Å². The number of hydrogen-bond acceptors (Lipinski definition) is 4. The van der Waals surface area contributed by atoms with Crippen LogP contribution in [0.25, 0.3) is 0 Å². The van der Waals surface area contributed by atoms with Crippen molar-refractivity contribution in [1.82, 2.24) is 18.8 Å². The van der Waals surface area contributed by atoms with Crippen LogP contribution in [0.15, 0.2) is 0 Å². The summed E-state index contributed by atoms with van der Waals surface area (Å²) in [4.78, 5) is 2.12. The third kappa shape index (κ3) is 4.39. The van der Waals surface area contributed by atoms with E-state index < -0.39 is 10.2 Å². The van der Waals surface area contributed by atoms with Crippen molar-refractivity contribution in [2.75, 3.05) is 47.3 Å². The zero-order chi connectivity index (χ0) is 15.6. The Bertz CT molecular complexity index is 436. The molecule has 21 heavy (non-hydrogen) atoms. The van der Waals surface area contributed by atoms with Crippen LogP contribution in [-0.4, -0.2) is 81.3 Å². The van der Waals surface area contributed by atoms with Gasteiger partial charge in [-0.3, -0.25) is 0 Å². The molecule has 1 aliphatic carbocycles. The minimum absolute atomic E-state index is 0.310. The van der Waals surface area contributed by atoms with Crippen LogP contribution in [0, 0.1) is 5.92 Å². The number of rotatable bonds is 8. The van der Waals surface area contributed by atoms with Gasteiger partial charge in [0.25, 0.3) is 10.2 Å². The molecule has 0 radical (unpaired) electrons. The summed E-state index contributed by atoms with van der Waals surface area (Å²) in [5.74, 6) is 0.375. The highest BCUT2D eigenvalue weighted by Gasteiger charge is 2.38. The summed E-state index contributed by atoms with van der Waals surface area (Å²) in [7, 11) is 2.42. The molecule has 0 bridgehead atoms. The molecule has 0 aromatic carbocycles. The molecule has 1 aliphatic heterocycles. The summed E-state index contributed by atoms with van der Waals surface area (Å²) in [5, 5.41) is 3.42. The quantitative estimate of drug-likeness (QED) is 0.649. The molecule has 0 aromatic rings. The molecule has 0 amide bonds. The zero-order valence-electron chi connectivity index (χ0n) is 13.7. The molecule has 1 N–H and O–H groups in total. The molecule has 2 atom stereocenters. The number of nitrogens with one attached hydrogen (secondary N) is 1. The van der Waals surface area contributed by atoms with Crippen molar-refractivity contribution in [3.05, 3.63) is 0 Å². The third-order valence-electron chi connectivity index (χ3n) is 4.58. The van der Waals surface area contributed by atoms with Crippen LogP contribution in [0.3, 0.4) is 0 Å². The fraction of sp³-hybridized carbons (Fsp3) is 1.00. The maximum absolute atomic E-state index is 12.6. The minimum Gasteiger partial charge on any atom is -0.314 e. The average molecular weight is 318 g/mol. The van der Waals surface area contributed by atoms with Crippen molar-refractivity contribution < 1.29 is 8.42 Å². The second-order valence-corrected chi connectivity index (χ2v) is 8.77. The van der Waals surface area contributed by atoms with Crippen molar-refractivity contribution >= 4 is 10.2 Å². The van der Waals surface area contributed by atoms with Gasteiger partial charge in [0, 0.05) is 38.8 Å². The molecule has 1 saturated carbocycles. The Morgan fingerprint density at radius 2 is 1.86 bits per heavy atom. The summed E-state index contributed by atoms with van der Waals surface area (Å²) in [5.41, 5.74) is 0. The Balaban J connectivity index is 1.82. The smallest absolute Gasteiger partial charge is 0.281 e. The lowest BCUT2D eigenvalue weighted by Gasteiger charge is -2.25. The van der Waals surface area contributed by atoms with E-state index in [-0.39, 0.29) is 0 Å². The zero-order valence-corrected chi connectivity index (χ0v) is 14.6. The SMILES string of the molecule is CC1CN(S(=O)(=O)N(C)CCCNC2CC2)CC1N(C)C. The molecule has 6 nitrogen and oxygen atoms in total. The molecule has 2 unspecified atom stereocenters. The molecule has 124 valence electrons. The predicted octanol–water partition coefficient (Wildman–Crippen LogP) is 0.187. The van der Waals surface area contributed by atoms with Gasteiger partial charge >= 0.3 is 0 Å². The van der Waals surface area contributed by atoms with Crippen LogP contribution in [0.2, 0.25) is 0 Å². The molecule has 1 heterocycles. The van der Waals surface area contributed by atoms with E-state index in [0.717, 1.165) is 13.0 Å². The van der Waals surface area contributed by atoms with Gasteiger partial charge in [0.05, 0.1) is 0 Å². The third-order valence-corrected chi connectivity index (χ3v) is 6.50. The van der Waals surface area contributed by atoms with Crippen LogP contribution < -0.4 is 5.32 Å². The van der Waals surface area contributed by atoms with Crippen molar-refractivity contribution in [3.8, 4) is 0 Å². The fourth-order valence-electron chi connectivity index (χ4n) is 2.97. The Hall–Kier alpha value is -0.210. The first-order valence-corrected chi connectivity index (χ1v) is 9.33. The normalized spacial score (nSPS) is 27.9. The van der Waals surface area contributed by atoms with Crippen LogP contribution in [0.4, 0.5) is 0 Å². The van der Waals surface area contributed by atoms with Gasteiger partial charge < -0.3 is 10.2 Å². The molecule has 2 fully saturated rings. The van der Waals surface area contributed by atoms with E-state index in [9.17, 15) is 8.42 Å². The molecule has 2 rings (SSSR count). The van der Waals surface area contributed by atoms with Gasteiger partial charge in [0.15, 0.2) is 0 Å². The van der Waals surface area contributed by atoms with Crippen molar-refractivity contribution in [3.63, 3.8) is 0 Å². The van der Waals surface area contributed by atoms with E-state index in [1.165, 1.54) is 17.1 Å². The van der Waals surface area contributed by atoms with Gasteiger partial charge in [-0.25, -0.2) is 0 Å². The van der Waals surface area contributed by atoms with Crippen LogP contribution >= 0.6 is 0 Å². The van der Waals surface area contributed by atoms with E-state index in [2.05, 4.69) is 17.1 Å². The van der Waals surface area contributed by atoms with Crippen LogP contribution in [0.1, 0.15) is 26.2 Å². The summed E-state index contributed by atoms with van der Waals surface area (Å²) >= 11 is 0. The lowest BCUT2D eigenvalue weighted by Crippen LogP contribution is -2.43. The number of nitrogens with zero attached hydrogens (tertiary/aromatic N) is 3. The maximum atomic E-state index is 12.6. The van der Waals surface area contributed by atoms with E-state index in [1.807, 2.05) is 14.1 Å². The lowest BCUT2D eigenvalue weighted by atomic mass is 10.1. The van der Waals surface area contributed by atoms with Crippen LogP contribution in [0.5, 0.6) is 0 Å². The topological polar surface area (TPSA) is 55.9 Å². The van der Waals surface area contributed by atoms with E-state index >= 15 is 0 Å². The van der Waals surface area contributed by atoms with Gasteiger partial charge in [0.2, 0.25) is 0 Å². The largest absolute Gasteiger partial charge is 0.314 e. The summed E-state index contributed by atoms with van der Waals surface area (Å²) < 4.78 is 28.3. The average Bonchev–Trinajstić information content (AvgIpc) is 3.14. The highest BCUT2D eigenvalue weighted by molar-refractivity contribution is 7.86. The minimum atomic E-state index is -3.31. The summed E-state index contributed by atoms with van der Waals surface area (Å²) in [6.45, 7) is 4.83. The molecule has 1 saturated heterocycles. The summed E-state index contributed by atoms with van der Waals surface area (Å²) in [6, 6.07) is 0.997.